The summed E-state index contributed by atoms with van der Waals surface area (Å²) < 4.78 is 5.60. The van der Waals surface area contributed by atoms with Gasteiger partial charge in [0.05, 0.1) is 5.52 Å². The van der Waals surface area contributed by atoms with E-state index in [0.29, 0.717) is 12.0 Å². The number of aryl methyl sites for hydroxylation is 1. The van der Waals surface area contributed by atoms with E-state index < -0.39 is 0 Å². The number of oxazole rings is 1. The number of rotatable bonds is 2. The van der Waals surface area contributed by atoms with Gasteiger partial charge >= 0.3 is 6.01 Å². The van der Waals surface area contributed by atoms with Crippen LogP contribution in [0.3, 0.4) is 0 Å². The van der Waals surface area contributed by atoms with Crippen LogP contribution in [0.5, 0.6) is 0 Å². The van der Waals surface area contributed by atoms with Crippen molar-refractivity contribution in [3.63, 3.8) is 0 Å². The maximum Gasteiger partial charge on any atom is 0.302 e. The molecule has 0 saturated heterocycles. The Balaban J connectivity index is 1.71. The summed E-state index contributed by atoms with van der Waals surface area (Å²) in [6.45, 7) is 2.05. The largest absolute Gasteiger partial charge is 0.423 e. The van der Waals surface area contributed by atoms with Gasteiger partial charge in [-0.05, 0) is 31.2 Å². The number of fused-ring (bicyclic) bond motifs is 2. The van der Waals surface area contributed by atoms with E-state index in [-0.39, 0.29) is 0 Å². The third-order valence-corrected chi connectivity index (χ3v) is 3.25. The van der Waals surface area contributed by atoms with Crippen molar-refractivity contribution in [1.29, 1.82) is 0 Å². The lowest BCUT2D eigenvalue weighted by Crippen LogP contribution is -1.97. The Morgan fingerprint density at radius 1 is 1.00 bits per heavy atom. The molecular formula is C16H12N4O. The van der Waals surface area contributed by atoms with Gasteiger partial charge in [-0.25, -0.2) is 9.97 Å². The number of aromatic nitrogens is 3. The minimum Gasteiger partial charge on any atom is -0.423 e. The number of benzene rings is 2. The highest BCUT2D eigenvalue weighted by Crippen LogP contribution is 2.21. The number of hydrogen-bond donors (Lipinski definition) is 1. The molecule has 4 aromatic rings. The smallest absolute Gasteiger partial charge is 0.302 e. The molecular weight excluding hydrogens is 264 g/mol. The van der Waals surface area contributed by atoms with Gasteiger partial charge in [0.1, 0.15) is 5.52 Å². The van der Waals surface area contributed by atoms with E-state index in [4.69, 9.17) is 4.42 Å². The molecule has 0 atom stereocenters. The van der Waals surface area contributed by atoms with Crippen molar-refractivity contribution in [3.8, 4) is 0 Å². The van der Waals surface area contributed by atoms with E-state index in [0.717, 1.165) is 22.0 Å². The van der Waals surface area contributed by atoms with Crippen molar-refractivity contribution in [2.75, 3.05) is 5.32 Å². The summed E-state index contributed by atoms with van der Waals surface area (Å²) in [5.41, 5.74) is 3.60. The number of para-hydroxylation sites is 2. The summed E-state index contributed by atoms with van der Waals surface area (Å²) in [6, 6.07) is 14.0. The van der Waals surface area contributed by atoms with E-state index in [1.807, 2.05) is 43.3 Å². The van der Waals surface area contributed by atoms with E-state index in [1.165, 1.54) is 5.56 Å². The predicted octanol–water partition coefficient (Wildman–Crippen LogP) is 3.82. The van der Waals surface area contributed by atoms with Crippen LogP contribution in [-0.4, -0.2) is 15.0 Å². The van der Waals surface area contributed by atoms with Crippen molar-refractivity contribution in [2.45, 2.75) is 6.92 Å². The molecule has 5 heteroatoms. The summed E-state index contributed by atoms with van der Waals surface area (Å²) >= 11 is 0. The number of hydrogen-bond acceptors (Lipinski definition) is 5. The molecule has 0 bridgehead atoms. The molecule has 0 aliphatic carbocycles. The first-order valence-electron chi connectivity index (χ1n) is 6.64. The molecule has 1 N–H and O–H groups in total. The standard InChI is InChI=1S/C16H12N4O/c1-10-6-7-12-11(8-10)9-17-15(18-12)20-16-19-13-4-2-3-5-14(13)21-16/h2-9H,1H3,(H,17,18,19,20). The highest BCUT2D eigenvalue weighted by atomic mass is 16.4. The summed E-state index contributed by atoms with van der Waals surface area (Å²) in [6.07, 6.45) is 1.79. The number of anilines is 2. The van der Waals surface area contributed by atoms with E-state index >= 15 is 0 Å². The molecule has 5 nitrogen and oxygen atoms in total. The summed E-state index contributed by atoms with van der Waals surface area (Å²) in [5, 5.41) is 4.01. The highest BCUT2D eigenvalue weighted by Gasteiger charge is 2.07. The fraction of sp³-hybridized carbons (Fsp3) is 0.0625. The first-order valence-corrected chi connectivity index (χ1v) is 6.64. The second kappa shape index (κ2) is 4.56. The van der Waals surface area contributed by atoms with Gasteiger partial charge in [0.25, 0.3) is 0 Å². The van der Waals surface area contributed by atoms with Gasteiger partial charge in [-0.2, -0.15) is 4.98 Å². The van der Waals surface area contributed by atoms with Crippen LogP contribution < -0.4 is 5.32 Å². The lowest BCUT2D eigenvalue weighted by molar-refractivity contribution is 0.622. The molecule has 2 heterocycles. The van der Waals surface area contributed by atoms with Gasteiger partial charge in [0, 0.05) is 11.6 Å². The molecule has 2 aromatic heterocycles. The molecule has 0 aliphatic rings. The Bertz CT molecular complexity index is 912. The fourth-order valence-electron chi connectivity index (χ4n) is 2.23. The highest BCUT2D eigenvalue weighted by molar-refractivity contribution is 5.80. The maximum absolute atomic E-state index is 5.60. The van der Waals surface area contributed by atoms with Crippen LogP contribution in [0.25, 0.3) is 22.0 Å². The van der Waals surface area contributed by atoms with Crippen LogP contribution in [-0.2, 0) is 0 Å². The Morgan fingerprint density at radius 2 is 1.90 bits per heavy atom. The van der Waals surface area contributed by atoms with Gasteiger partial charge in [-0.1, -0.05) is 23.8 Å². The molecule has 0 aliphatic heterocycles. The lowest BCUT2D eigenvalue weighted by atomic mass is 10.2. The summed E-state index contributed by atoms with van der Waals surface area (Å²) in [7, 11) is 0. The molecule has 0 spiro atoms. The molecule has 4 rings (SSSR count). The van der Waals surface area contributed by atoms with Gasteiger partial charge in [0.2, 0.25) is 5.95 Å². The number of nitrogens with one attached hydrogen (secondary N) is 1. The maximum atomic E-state index is 5.60. The van der Waals surface area contributed by atoms with Crippen LogP contribution in [0, 0.1) is 6.92 Å². The lowest BCUT2D eigenvalue weighted by Gasteiger charge is -2.02. The van der Waals surface area contributed by atoms with Gasteiger partial charge in [0.15, 0.2) is 5.58 Å². The Morgan fingerprint density at radius 3 is 2.81 bits per heavy atom. The topological polar surface area (TPSA) is 63.8 Å². The van der Waals surface area contributed by atoms with Crippen molar-refractivity contribution < 1.29 is 4.42 Å². The quantitative estimate of drug-likeness (QED) is 0.603. The molecule has 102 valence electrons. The first-order chi connectivity index (χ1) is 10.3. The first kappa shape index (κ1) is 11.8. The Labute approximate surface area is 120 Å². The molecule has 21 heavy (non-hydrogen) atoms. The van der Waals surface area contributed by atoms with E-state index in [1.54, 1.807) is 6.20 Å². The third kappa shape index (κ3) is 2.18. The third-order valence-electron chi connectivity index (χ3n) is 3.25. The fourth-order valence-corrected chi connectivity index (χ4v) is 2.23. The molecule has 0 fully saturated rings. The van der Waals surface area contributed by atoms with Crippen LogP contribution in [0.15, 0.2) is 53.1 Å². The van der Waals surface area contributed by atoms with Crippen LogP contribution in [0.4, 0.5) is 12.0 Å². The molecule has 0 saturated carbocycles. The predicted molar refractivity (Wildman–Crippen MR) is 81.6 cm³/mol. The van der Waals surface area contributed by atoms with Crippen LogP contribution in [0.1, 0.15) is 5.56 Å². The Kier molecular flexibility index (Phi) is 2.57. The summed E-state index contributed by atoms with van der Waals surface area (Å²) in [5.74, 6) is 0.470. The molecule has 0 unspecified atom stereocenters. The normalized spacial score (nSPS) is 11.1. The average molecular weight is 276 g/mol. The van der Waals surface area contributed by atoms with Gasteiger partial charge < -0.3 is 4.42 Å². The average Bonchev–Trinajstić information content (AvgIpc) is 2.89. The van der Waals surface area contributed by atoms with Crippen LogP contribution in [0.2, 0.25) is 0 Å². The zero-order chi connectivity index (χ0) is 14.2. The number of nitrogens with zero attached hydrogens (tertiary/aromatic N) is 3. The van der Waals surface area contributed by atoms with E-state index in [9.17, 15) is 0 Å². The summed E-state index contributed by atoms with van der Waals surface area (Å²) in [4.78, 5) is 13.1. The SMILES string of the molecule is Cc1ccc2nc(Nc3nc4ccccc4o3)ncc2c1. The second-order valence-corrected chi connectivity index (χ2v) is 4.87. The van der Waals surface area contributed by atoms with Crippen molar-refractivity contribution >= 4 is 34.0 Å². The van der Waals surface area contributed by atoms with Crippen molar-refractivity contribution in [3.05, 3.63) is 54.2 Å². The van der Waals surface area contributed by atoms with E-state index in [2.05, 4.69) is 26.3 Å². The molecule has 0 radical (unpaired) electrons. The van der Waals surface area contributed by atoms with Gasteiger partial charge in [-0.3, -0.25) is 5.32 Å². The van der Waals surface area contributed by atoms with Crippen molar-refractivity contribution in [1.82, 2.24) is 15.0 Å². The zero-order valence-electron chi connectivity index (χ0n) is 11.4. The van der Waals surface area contributed by atoms with Crippen LogP contribution >= 0.6 is 0 Å². The minimum absolute atomic E-state index is 0.391. The second-order valence-electron chi connectivity index (χ2n) is 4.87. The monoisotopic (exact) mass is 276 g/mol. The Hall–Kier alpha value is -2.95. The minimum atomic E-state index is 0.391. The molecule has 0 amide bonds. The van der Waals surface area contributed by atoms with Crippen molar-refractivity contribution in [2.24, 2.45) is 0 Å². The molecule has 2 aromatic carbocycles. The zero-order valence-corrected chi connectivity index (χ0v) is 11.4. The van der Waals surface area contributed by atoms with Gasteiger partial charge in [-0.15, -0.1) is 0 Å².